The summed E-state index contributed by atoms with van der Waals surface area (Å²) in [5, 5.41) is 40.5. The first-order chi connectivity index (χ1) is 14.4. The van der Waals surface area contributed by atoms with E-state index in [0.29, 0.717) is 23.6 Å². The maximum Gasteiger partial charge on any atom is 0.122 e. The van der Waals surface area contributed by atoms with Crippen molar-refractivity contribution in [1.82, 2.24) is 0 Å². The molecule has 0 aliphatic carbocycles. The summed E-state index contributed by atoms with van der Waals surface area (Å²) in [5.41, 5.74) is 3.66. The summed E-state index contributed by atoms with van der Waals surface area (Å²) in [5.74, 6) is 0.880. The van der Waals surface area contributed by atoms with Crippen LogP contribution in [-0.2, 0) is 17.6 Å². The quantitative estimate of drug-likeness (QED) is 0.532. The van der Waals surface area contributed by atoms with Crippen LogP contribution in [0.4, 0.5) is 0 Å². The Kier molecular flexibility index (Phi) is 7.74. The molecule has 4 N–H and O–H groups in total. The minimum atomic E-state index is -1.42. The highest BCUT2D eigenvalue weighted by Crippen LogP contribution is 2.34. The van der Waals surface area contributed by atoms with Gasteiger partial charge in [-0.05, 0) is 54.2 Å². The summed E-state index contributed by atoms with van der Waals surface area (Å²) in [6, 6.07) is 11.3. The molecule has 0 spiro atoms. The maximum atomic E-state index is 10.4. The van der Waals surface area contributed by atoms with E-state index in [1.165, 1.54) is 0 Å². The molecule has 0 bridgehead atoms. The Labute approximate surface area is 181 Å². The van der Waals surface area contributed by atoms with E-state index >= 15 is 0 Å². The first kappa shape index (κ1) is 23.0. The molecule has 2 aromatic rings. The lowest BCUT2D eigenvalue weighted by Gasteiger charge is -2.40. The average Bonchev–Trinajstić information content (AvgIpc) is 2.75. The van der Waals surface area contributed by atoms with Gasteiger partial charge in [-0.15, -0.1) is 0 Å². The monoisotopic (exact) mass is 436 g/mol. The fraction of sp³-hybridized carbons (Fsp3) is 0.478. The molecule has 1 fully saturated rings. The molecule has 6 nitrogen and oxygen atoms in total. The number of aryl methyl sites for hydroxylation is 1. The van der Waals surface area contributed by atoms with Crippen molar-refractivity contribution in [2.45, 2.75) is 57.2 Å². The van der Waals surface area contributed by atoms with Crippen LogP contribution in [0.1, 0.15) is 42.2 Å². The first-order valence-electron chi connectivity index (χ1n) is 10.2. The van der Waals surface area contributed by atoms with Crippen molar-refractivity contribution in [3.8, 4) is 5.75 Å². The van der Waals surface area contributed by atoms with Crippen LogP contribution in [0.2, 0.25) is 5.02 Å². The number of halogens is 1. The molecular weight excluding hydrogens is 408 g/mol. The molecule has 2 aromatic carbocycles. The van der Waals surface area contributed by atoms with Gasteiger partial charge in [0, 0.05) is 5.02 Å². The normalized spacial score (nSPS) is 26.6. The van der Waals surface area contributed by atoms with E-state index in [0.717, 1.165) is 28.9 Å². The molecule has 5 atom stereocenters. The molecule has 1 aliphatic rings. The van der Waals surface area contributed by atoms with E-state index < -0.39 is 37.1 Å². The highest BCUT2D eigenvalue weighted by molar-refractivity contribution is 6.31. The van der Waals surface area contributed by atoms with E-state index in [9.17, 15) is 20.4 Å². The van der Waals surface area contributed by atoms with Gasteiger partial charge < -0.3 is 29.9 Å². The van der Waals surface area contributed by atoms with Crippen molar-refractivity contribution in [2.75, 3.05) is 13.2 Å². The zero-order valence-corrected chi connectivity index (χ0v) is 17.9. The summed E-state index contributed by atoms with van der Waals surface area (Å²) < 4.78 is 11.3. The fourth-order valence-electron chi connectivity index (χ4n) is 3.82. The van der Waals surface area contributed by atoms with Crippen LogP contribution in [0.15, 0.2) is 36.4 Å². The lowest BCUT2D eigenvalue weighted by molar-refractivity contribution is -0.231. The maximum absolute atomic E-state index is 10.4. The van der Waals surface area contributed by atoms with Crippen molar-refractivity contribution >= 4 is 11.6 Å². The first-order valence-corrected chi connectivity index (χ1v) is 10.6. The molecule has 0 unspecified atom stereocenters. The van der Waals surface area contributed by atoms with Crippen LogP contribution in [0.5, 0.6) is 5.75 Å². The van der Waals surface area contributed by atoms with Gasteiger partial charge in [0.2, 0.25) is 0 Å². The van der Waals surface area contributed by atoms with Gasteiger partial charge in [0.25, 0.3) is 0 Å². The number of aliphatic hydroxyl groups is 4. The third-order valence-electron chi connectivity index (χ3n) is 5.49. The highest BCUT2D eigenvalue weighted by atomic mass is 35.5. The van der Waals surface area contributed by atoms with Crippen LogP contribution in [0.3, 0.4) is 0 Å². The Balaban J connectivity index is 1.87. The summed E-state index contributed by atoms with van der Waals surface area (Å²) in [4.78, 5) is 0. The SMILES string of the molecule is CCOc1ccc(Cc2cc([C@@H]3O[C@H](CO)[C@@H](O)[C@H](O)[C@H]3O)ccc2Cl)cc1CC. The molecule has 0 amide bonds. The van der Waals surface area contributed by atoms with Crippen LogP contribution in [-0.4, -0.2) is 58.1 Å². The number of ether oxygens (including phenoxy) is 2. The number of benzene rings is 2. The molecule has 1 aliphatic heterocycles. The summed E-state index contributed by atoms with van der Waals surface area (Å²) in [6.07, 6.45) is -4.55. The van der Waals surface area contributed by atoms with Crippen molar-refractivity contribution in [3.63, 3.8) is 0 Å². The van der Waals surface area contributed by atoms with Crippen molar-refractivity contribution in [2.24, 2.45) is 0 Å². The smallest absolute Gasteiger partial charge is 0.122 e. The van der Waals surface area contributed by atoms with Gasteiger partial charge in [-0.2, -0.15) is 0 Å². The Morgan fingerprint density at radius 1 is 0.967 bits per heavy atom. The second-order valence-corrected chi connectivity index (χ2v) is 7.91. The van der Waals surface area contributed by atoms with Gasteiger partial charge in [0.1, 0.15) is 36.3 Å². The van der Waals surface area contributed by atoms with E-state index in [1.54, 1.807) is 12.1 Å². The van der Waals surface area contributed by atoms with Crippen LogP contribution in [0, 0.1) is 0 Å². The highest BCUT2D eigenvalue weighted by Gasteiger charge is 2.44. The largest absolute Gasteiger partial charge is 0.494 e. The topological polar surface area (TPSA) is 99.4 Å². The van der Waals surface area contributed by atoms with E-state index in [1.807, 2.05) is 25.1 Å². The second-order valence-electron chi connectivity index (χ2n) is 7.51. The summed E-state index contributed by atoms with van der Waals surface area (Å²) >= 11 is 6.43. The molecule has 3 rings (SSSR count). The van der Waals surface area contributed by atoms with Gasteiger partial charge in [-0.25, -0.2) is 0 Å². The summed E-state index contributed by atoms with van der Waals surface area (Å²) in [7, 11) is 0. The van der Waals surface area contributed by atoms with Gasteiger partial charge in [0.15, 0.2) is 0 Å². The average molecular weight is 437 g/mol. The van der Waals surface area contributed by atoms with Crippen LogP contribution >= 0.6 is 11.6 Å². The lowest BCUT2D eigenvalue weighted by Crippen LogP contribution is -2.55. The van der Waals surface area contributed by atoms with Gasteiger partial charge >= 0.3 is 0 Å². The molecule has 7 heteroatoms. The third kappa shape index (κ3) is 4.80. The third-order valence-corrected chi connectivity index (χ3v) is 5.86. The van der Waals surface area contributed by atoms with Crippen molar-refractivity contribution < 1.29 is 29.9 Å². The Morgan fingerprint density at radius 3 is 2.40 bits per heavy atom. The predicted molar refractivity (Wildman–Crippen MR) is 114 cm³/mol. The lowest BCUT2D eigenvalue weighted by atomic mass is 9.90. The zero-order valence-electron chi connectivity index (χ0n) is 17.2. The number of rotatable bonds is 7. The number of hydrogen-bond donors (Lipinski definition) is 4. The zero-order chi connectivity index (χ0) is 21.8. The molecule has 164 valence electrons. The molecule has 1 saturated heterocycles. The molecule has 1 heterocycles. The molecule has 0 saturated carbocycles. The Hall–Kier alpha value is -1.67. The Morgan fingerprint density at radius 2 is 1.73 bits per heavy atom. The standard InChI is InChI=1S/C23H29ClO6/c1-3-14-9-13(5-8-18(14)29-4-2)10-16-11-15(6-7-17(16)24)23-22(28)21(27)20(26)19(12-25)30-23/h5-9,11,19-23,25-28H,3-4,10,12H2,1-2H3/t19-,20-,21+,22-,23+/m1/s1. The minimum absolute atomic E-state index is 0.464. The fourth-order valence-corrected chi connectivity index (χ4v) is 4.00. The summed E-state index contributed by atoms with van der Waals surface area (Å²) in [6.45, 7) is 4.18. The molecule has 0 aromatic heterocycles. The minimum Gasteiger partial charge on any atom is -0.494 e. The van der Waals surface area contributed by atoms with Gasteiger partial charge in [-0.1, -0.05) is 42.8 Å². The number of hydrogen-bond acceptors (Lipinski definition) is 6. The van der Waals surface area contributed by atoms with E-state index in [2.05, 4.69) is 13.0 Å². The van der Waals surface area contributed by atoms with Gasteiger partial charge in [-0.3, -0.25) is 0 Å². The molecular formula is C23H29ClO6. The van der Waals surface area contributed by atoms with Crippen molar-refractivity contribution in [1.29, 1.82) is 0 Å². The number of aliphatic hydroxyl groups excluding tert-OH is 4. The predicted octanol–water partition coefficient (Wildman–Crippen LogP) is 2.41. The van der Waals surface area contributed by atoms with Crippen molar-refractivity contribution in [3.05, 3.63) is 63.7 Å². The Bertz CT molecular complexity index is 856. The molecule has 0 radical (unpaired) electrons. The molecule has 30 heavy (non-hydrogen) atoms. The van der Waals surface area contributed by atoms with Crippen LogP contribution < -0.4 is 4.74 Å². The van der Waals surface area contributed by atoms with Crippen LogP contribution in [0.25, 0.3) is 0 Å². The van der Waals surface area contributed by atoms with Gasteiger partial charge in [0.05, 0.1) is 13.2 Å². The van der Waals surface area contributed by atoms with E-state index in [4.69, 9.17) is 21.1 Å². The van der Waals surface area contributed by atoms with E-state index in [-0.39, 0.29) is 0 Å². The second kappa shape index (κ2) is 10.1.